The van der Waals surface area contributed by atoms with Crippen molar-refractivity contribution in [3.8, 4) is 0 Å². The van der Waals surface area contributed by atoms with Crippen LogP contribution in [0.15, 0.2) is 18.2 Å². The maximum Gasteiger partial charge on any atom is 0.245 e. The third kappa shape index (κ3) is 3.77. The van der Waals surface area contributed by atoms with Gasteiger partial charge in [-0.05, 0) is 30.0 Å². The first kappa shape index (κ1) is 15.4. The first-order valence-electron chi connectivity index (χ1n) is 6.90. The summed E-state index contributed by atoms with van der Waals surface area (Å²) in [5.41, 5.74) is 0.465. The van der Waals surface area contributed by atoms with E-state index in [4.69, 9.17) is 0 Å². The highest BCUT2D eigenvalue weighted by Crippen LogP contribution is 2.13. The molecule has 0 aliphatic carbocycles. The van der Waals surface area contributed by atoms with E-state index in [1.165, 1.54) is 17.0 Å². The summed E-state index contributed by atoms with van der Waals surface area (Å²) in [4.78, 5) is 25.3. The second-order valence-corrected chi connectivity index (χ2v) is 5.58. The summed E-state index contributed by atoms with van der Waals surface area (Å²) in [7, 11) is 0. The first-order chi connectivity index (χ1) is 9.86. The fourth-order valence-electron chi connectivity index (χ4n) is 2.39. The molecule has 21 heavy (non-hydrogen) atoms. The van der Waals surface area contributed by atoms with Crippen molar-refractivity contribution in [1.29, 1.82) is 0 Å². The van der Waals surface area contributed by atoms with Crippen LogP contribution in [0.5, 0.6) is 0 Å². The van der Waals surface area contributed by atoms with Crippen molar-refractivity contribution >= 4 is 11.8 Å². The van der Waals surface area contributed by atoms with Gasteiger partial charge in [0, 0.05) is 12.6 Å². The van der Waals surface area contributed by atoms with Crippen LogP contribution in [0.4, 0.5) is 8.78 Å². The number of hydrogen-bond acceptors (Lipinski definition) is 2. The van der Waals surface area contributed by atoms with Crippen molar-refractivity contribution in [3.05, 3.63) is 35.4 Å². The molecule has 1 atom stereocenters. The maximum absolute atomic E-state index is 13.1. The number of amides is 2. The Morgan fingerprint density at radius 3 is 2.43 bits per heavy atom. The molecule has 1 heterocycles. The Hall–Kier alpha value is -1.98. The molecule has 1 aromatic carbocycles. The Bertz CT molecular complexity index is 540. The number of nitrogens with zero attached hydrogens (tertiary/aromatic N) is 1. The van der Waals surface area contributed by atoms with Crippen molar-refractivity contribution in [1.82, 2.24) is 10.2 Å². The minimum Gasteiger partial charge on any atom is -0.343 e. The lowest BCUT2D eigenvalue weighted by molar-refractivity contribution is -0.145. The Morgan fingerprint density at radius 1 is 1.24 bits per heavy atom. The summed E-state index contributed by atoms with van der Waals surface area (Å²) >= 11 is 0. The molecule has 0 aromatic heterocycles. The average molecular weight is 296 g/mol. The predicted molar refractivity (Wildman–Crippen MR) is 73.4 cm³/mol. The standard InChI is InChI=1S/C15H18F2N2O2/c1-9(2)14-15(21)19(8-13(20)18-14)4-3-10-5-11(16)7-12(17)6-10/h5-7,9,14H,3-4,8H2,1-2H3,(H,18,20). The molecule has 1 aliphatic rings. The molecule has 6 heteroatoms. The molecule has 1 unspecified atom stereocenters. The SMILES string of the molecule is CC(C)C1NC(=O)CN(CCc2cc(F)cc(F)c2)C1=O. The molecule has 4 nitrogen and oxygen atoms in total. The van der Waals surface area contributed by atoms with Crippen molar-refractivity contribution in [2.45, 2.75) is 26.3 Å². The molecule has 114 valence electrons. The van der Waals surface area contributed by atoms with Gasteiger partial charge in [-0.3, -0.25) is 9.59 Å². The van der Waals surface area contributed by atoms with Crippen molar-refractivity contribution in [3.63, 3.8) is 0 Å². The van der Waals surface area contributed by atoms with Gasteiger partial charge in [-0.15, -0.1) is 0 Å². The maximum atomic E-state index is 13.1. The summed E-state index contributed by atoms with van der Waals surface area (Å²) in [5.74, 6) is -1.66. The molecule has 0 spiro atoms. The zero-order chi connectivity index (χ0) is 15.6. The van der Waals surface area contributed by atoms with Crippen LogP contribution in [0.1, 0.15) is 19.4 Å². The molecule has 1 aromatic rings. The van der Waals surface area contributed by atoms with Crippen LogP contribution in [-0.4, -0.2) is 35.8 Å². The number of hydrogen-bond donors (Lipinski definition) is 1. The minimum absolute atomic E-state index is 0.00383. The number of carbonyl (C=O) groups is 2. The first-order valence-corrected chi connectivity index (χ1v) is 6.90. The van der Waals surface area contributed by atoms with Gasteiger partial charge in [0.15, 0.2) is 0 Å². The molecule has 0 bridgehead atoms. The number of rotatable bonds is 4. The average Bonchev–Trinajstić information content (AvgIpc) is 2.38. The summed E-state index contributed by atoms with van der Waals surface area (Å²) in [5, 5.41) is 2.66. The number of benzene rings is 1. The van der Waals surface area contributed by atoms with E-state index in [-0.39, 0.29) is 30.8 Å². The quantitative estimate of drug-likeness (QED) is 0.915. The molecule has 0 saturated carbocycles. The van der Waals surface area contributed by atoms with Gasteiger partial charge in [0.25, 0.3) is 0 Å². The van der Waals surface area contributed by atoms with Crippen molar-refractivity contribution in [2.24, 2.45) is 5.92 Å². The highest BCUT2D eigenvalue weighted by atomic mass is 19.1. The van der Waals surface area contributed by atoms with E-state index in [1.807, 2.05) is 13.8 Å². The molecular formula is C15H18F2N2O2. The van der Waals surface area contributed by atoms with Crippen LogP contribution < -0.4 is 5.32 Å². The van der Waals surface area contributed by atoms with Gasteiger partial charge >= 0.3 is 0 Å². The van der Waals surface area contributed by atoms with E-state index in [0.717, 1.165) is 6.07 Å². The van der Waals surface area contributed by atoms with Crippen molar-refractivity contribution < 1.29 is 18.4 Å². The summed E-state index contributed by atoms with van der Waals surface area (Å²) in [6.45, 7) is 3.96. The normalized spacial score (nSPS) is 19.1. The van der Waals surface area contributed by atoms with Gasteiger partial charge in [0.2, 0.25) is 11.8 Å². The molecule has 1 saturated heterocycles. The Kier molecular flexibility index (Phi) is 4.55. The van der Waals surface area contributed by atoms with E-state index in [2.05, 4.69) is 5.32 Å². The fourth-order valence-corrected chi connectivity index (χ4v) is 2.39. The molecule has 0 radical (unpaired) electrons. The highest BCUT2D eigenvalue weighted by Gasteiger charge is 2.34. The van der Waals surface area contributed by atoms with Gasteiger partial charge in [-0.25, -0.2) is 8.78 Å². The second-order valence-electron chi connectivity index (χ2n) is 5.58. The Balaban J connectivity index is 2.04. The topological polar surface area (TPSA) is 49.4 Å². The molecular weight excluding hydrogens is 278 g/mol. The summed E-state index contributed by atoms with van der Waals surface area (Å²) in [6, 6.07) is 2.74. The minimum atomic E-state index is -0.646. The van der Waals surface area contributed by atoms with Crippen LogP contribution in [0.2, 0.25) is 0 Å². The Morgan fingerprint density at radius 2 is 1.86 bits per heavy atom. The second kappa shape index (κ2) is 6.20. The number of piperazine rings is 1. The zero-order valence-corrected chi connectivity index (χ0v) is 12.0. The lowest BCUT2D eigenvalue weighted by Gasteiger charge is -2.34. The zero-order valence-electron chi connectivity index (χ0n) is 12.0. The smallest absolute Gasteiger partial charge is 0.245 e. The van der Waals surface area contributed by atoms with Crippen LogP contribution in [0.25, 0.3) is 0 Å². The van der Waals surface area contributed by atoms with Crippen LogP contribution in [0.3, 0.4) is 0 Å². The van der Waals surface area contributed by atoms with Gasteiger partial charge in [0.05, 0.1) is 6.54 Å². The van der Waals surface area contributed by atoms with Crippen molar-refractivity contribution in [2.75, 3.05) is 13.1 Å². The van der Waals surface area contributed by atoms with E-state index < -0.39 is 17.7 Å². The largest absolute Gasteiger partial charge is 0.343 e. The van der Waals surface area contributed by atoms with Crippen LogP contribution in [0, 0.1) is 17.6 Å². The highest BCUT2D eigenvalue weighted by molar-refractivity contribution is 5.94. The van der Waals surface area contributed by atoms with Gasteiger partial charge in [-0.2, -0.15) is 0 Å². The summed E-state index contributed by atoms with van der Waals surface area (Å²) < 4.78 is 26.2. The molecule has 1 N–H and O–H groups in total. The summed E-state index contributed by atoms with van der Waals surface area (Å²) in [6.07, 6.45) is 0.304. The third-order valence-electron chi connectivity index (χ3n) is 3.49. The molecule has 2 rings (SSSR count). The molecule has 2 amide bonds. The molecule has 1 fully saturated rings. The van der Waals surface area contributed by atoms with Crippen LogP contribution in [-0.2, 0) is 16.0 Å². The van der Waals surface area contributed by atoms with E-state index in [9.17, 15) is 18.4 Å². The van der Waals surface area contributed by atoms with Gasteiger partial charge in [0.1, 0.15) is 17.7 Å². The van der Waals surface area contributed by atoms with E-state index >= 15 is 0 Å². The Labute approximate surface area is 122 Å². The number of carbonyl (C=O) groups excluding carboxylic acids is 2. The third-order valence-corrected chi connectivity index (χ3v) is 3.49. The van der Waals surface area contributed by atoms with Gasteiger partial charge < -0.3 is 10.2 Å². The number of halogens is 2. The number of nitrogens with one attached hydrogen (secondary N) is 1. The van der Waals surface area contributed by atoms with E-state index in [0.29, 0.717) is 12.0 Å². The van der Waals surface area contributed by atoms with E-state index in [1.54, 1.807) is 0 Å². The lowest BCUT2D eigenvalue weighted by atomic mass is 10.0. The lowest BCUT2D eigenvalue weighted by Crippen LogP contribution is -2.60. The fraction of sp³-hybridized carbons (Fsp3) is 0.467. The monoisotopic (exact) mass is 296 g/mol. The predicted octanol–water partition coefficient (Wildman–Crippen LogP) is 1.49. The van der Waals surface area contributed by atoms with Gasteiger partial charge in [-0.1, -0.05) is 13.8 Å². The molecule has 1 aliphatic heterocycles. The van der Waals surface area contributed by atoms with Crippen LogP contribution >= 0.6 is 0 Å².